The molecule has 0 saturated heterocycles. The van der Waals surface area contributed by atoms with Crippen LogP contribution in [0.4, 0.5) is 0 Å². The molecule has 0 aliphatic carbocycles. The molecule has 0 fully saturated rings. The molecule has 5 heteroatoms. The number of carbonyl (C=O) groups excluding carboxylic acids is 1. The predicted octanol–water partition coefficient (Wildman–Crippen LogP) is 1.04. The number of aromatic nitrogens is 2. The van der Waals surface area contributed by atoms with E-state index in [1.807, 2.05) is 50.5 Å². The van der Waals surface area contributed by atoms with Crippen molar-refractivity contribution >= 4 is 5.91 Å². The second-order valence-electron chi connectivity index (χ2n) is 4.59. The van der Waals surface area contributed by atoms with Gasteiger partial charge in [-0.15, -0.1) is 0 Å². The summed E-state index contributed by atoms with van der Waals surface area (Å²) in [6.45, 7) is 2.38. The highest BCUT2D eigenvalue weighted by Gasteiger charge is 2.15. The summed E-state index contributed by atoms with van der Waals surface area (Å²) in [5, 5.41) is 6.97. The zero-order chi connectivity index (χ0) is 13.8. The Balaban J connectivity index is 1.94. The topological polar surface area (TPSA) is 72.9 Å². The molecule has 100 valence electrons. The fourth-order valence-electron chi connectivity index (χ4n) is 1.77. The van der Waals surface area contributed by atoms with Crippen molar-refractivity contribution in [1.29, 1.82) is 0 Å². The third-order valence-electron chi connectivity index (χ3n) is 2.93. The Hall–Kier alpha value is -2.14. The Morgan fingerprint density at radius 2 is 2.05 bits per heavy atom. The maximum absolute atomic E-state index is 11.9. The number of amides is 1. The molecule has 0 bridgehead atoms. The van der Waals surface area contributed by atoms with Crippen LogP contribution in [0.3, 0.4) is 0 Å². The average molecular weight is 258 g/mol. The maximum Gasteiger partial charge on any atom is 0.241 e. The molecule has 2 rings (SSSR count). The van der Waals surface area contributed by atoms with Crippen LogP contribution in [0.15, 0.2) is 36.5 Å². The minimum Gasteiger partial charge on any atom is -0.349 e. The molecular formula is C14H18N4O. The molecule has 2 aromatic rings. The number of hydrogen-bond donors (Lipinski definition) is 2. The molecule has 0 saturated carbocycles. The molecule has 1 heterocycles. The smallest absolute Gasteiger partial charge is 0.241 e. The number of nitrogens with two attached hydrogens (primary N) is 1. The van der Waals surface area contributed by atoms with Crippen LogP contribution in [0, 0.1) is 6.92 Å². The number of carbonyl (C=O) groups is 1. The Bertz CT molecular complexity index is 559. The minimum absolute atomic E-state index is 0.200. The van der Waals surface area contributed by atoms with Crippen molar-refractivity contribution in [2.45, 2.75) is 19.5 Å². The van der Waals surface area contributed by atoms with Crippen LogP contribution >= 0.6 is 0 Å². The second kappa shape index (κ2) is 5.67. The highest BCUT2D eigenvalue weighted by molar-refractivity contribution is 5.82. The number of rotatable bonds is 4. The molecule has 1 unspecified atom stereocenters. The van der Waals surface area contributed by atoms with Crippen LogP contribution < -0.4 is 11.1 Å². The summed E-state index contributed by atoms with van der Waals surface area (Å²) in [6.07, 6.45) is 1.83. The minimum atomic E-state index is -0.649. The van der Waals surface area contributed by atoms with Gasteiger partial charge in [-0.1, -0.05) is 29.8 Å². The number of nitrogens with one attached hydrogen (secondary N) is 1. The van der Waals surface area contributed by atoms with E-state index in [-0.39, 0.29) is 5.91 Å². The predicted molar refractivity (Wildman–Crippen MR) is 73.2 cm³/mol. The lowest BCUT2D eigenvalue weighted by molar-refractivity contribution is -0.122. The molecule has 19 heavy (non-hydrogen) atoms. The van der Waals surface area contributed by atoms with Crippen molar-refractivity contribution in [3.05, 3.63) is 53.3 Å². The first kappa shape index (κ1) is 13.3. The van der Waals surface area contributed by atoms with Gasteiger partial charge in [0, 0.05) is 13.2 Å². The summed E-state index contributed by atoms with van der Waals surface area (Å²) in [5.41, 5.74) is 8.69. The molecule has 0 spiro atoms. The van der Waals surface area contributed by atoms with Crippen molar-refractivity contribution in [2.75, 3.05) is 0 Å². The molecular weight excluding hydrogens is 240 g/mol. The molecule has 0 aliphatic rings. The van der Waals surface area contributed by atoms with E-state index < -0.39 is 6.04 Å². The highest BCUT2D eigenvalue weighted by atomic mass is 16.2. The number of nitrogens with zero attached hydrogens (tertiary/aromatic N) is 2. The van der Waals surface area contributed by atoms with E-state index in [2.05, 4.69) is 10.4 Å². The summed E-state index contributed by atoms with van der Waals surface area (Å²) >= 11 is 0. The lowest BCUT2D eigenvalue weighted by atomic mass is 10.1. The normalized spacial score (nSPS) is 12.2. The summed E-state index contributed by atoms with van der Waals surface area (Å²) in [5.74, 6) is -0.200. The first-order valence-electron chi connectivity index (χ1n) is 6.14. The van der Waals surface area contributed by atoms with E-state index in [9.17, 15) is 4.79 Å². The van der Waals surface area contributed by atoms with Gasteiger partial charge >= 0.3 is 0 Å². The van der Waals surface area contributed by atoms with Gasteiger partial charge in [0.05, 0.1) is 12.2 Å². The summed E-state index contributed by atoms with van der Waals surface area (Å²) in [7, 11) is 1.84. The van der Waals surface area contributed by atoms with Gasteiger partial charge in [-0.2, -0.15) is 5.10 Å². The molecule has 0 radical (unpaired) electrons. The lowest BCUT2D eigenvalue weighted by Gasteiger charge is -2.12. The van der Waals surface area contributed by atoms with E-state index >= 15 is 0 Å². The SMILES string of the molecule is Cc1ccc(C(N)C(=O)NCc2ccn(C)n2)cc1. The lowest BCUT2D eigenvalue weighted by Crippen LogP contribution is -2.33. The fraction of sp³-hybridized carbons (Fsp3) is 0.286. The Labute approximate surface area is 112 Å². The van der Waals surface area contributed by atoms with Gasteiger partial charge in [0.1, 0.15) is 6.04 Å². The molecule has 1 atom stereocenters. The summed E-state index contributed by atoms with van der Waals surface area (Å²) in [6, 6.07) is 8.85. The molecule has 1 aromatic heterocycles. The van der Waals surface area contributed by atoms with Crippen molar-refractivity contribution in [3.63, 3.8) is 0 Å². The van der Waals surface area contributed by atoms with Crippen LogP contribution in [0.25, 0.3) is 0 Å². The van der Waals surface area contributed by atoms with Crippen molar-refractivity contribution in [2.24, 2.45) is 12.8 Å². The van der Waals surface area contributed by atoms with Gasteiger partial charge in [0.25, 0.3) is 0 Å². The Morgan fingerprint density at radius 1 is 1.37 bits per heavy atom. The van der Waals surface area contributed by atoms with E-state index in [0.29, 0.717) is 6.54 Å². The van der Waals surface area contributed by atoms with Gasteiger partial charge in [-0.3, -0.25) is 9.48 Å². The zero-order valence-corrected chi connectivity index (χ0v) is 11.1. The number of benzene rings is 1. The van der Waals surface area contributed by atoms with Crippen LogP contribution in [0.2, 0.25) is 0 Å². The number of hydrogen-bond acceptors (Lipinski definition) is 3. The van der Waals surface area contributed by atoms with Crippen LogP contribution in [-0.2, 0) is 18.4 Å². The Morgan fingerprint density at radius 3 is 2.63 bits per heavy atom. The van der Waals surface area contributed by atoms with E-state index in [1.165, 1.54) is 0 Å². The largest absolute Gasteiger partial charge is 0.349 e. The van der Waals surface area contributed by atoms with Crippen LogP contribution in [-0.4, -0.2) is 15.7 Å². The molecule has 0 aliphatic heterocycles. The van der Waals surface area contributed by atoms with Crippen molar-refractivity contribution in [1.82, 2.24) is 15.1 Å². The van der Waals surface area contributed by atoms with E-state index in [0.717, 1.165) is 16.8 Å². The Kier molecular flexibility index (Phi) is 3.97. The highest BCUT2D eigenvalue weighted by Crippen LogP contribution is 2.11. The molecule has 3 N–H and O–H groups in total. The average Bonchev–Trinajstić information content (AvgIpc) is 2.82. The first-order valence-corrected chi connectivity index (χ1v) is 6.14. The first-order chi connectivity index (χ1) is 9.06. The molecule has 1 aromatic carbocycles. The third-order valence-corrected chi connectivity index (χ3v) is 2.93. The maximum atomic E-state index is 11.9. The zero-order valence-electron chi connectivity index (χ0n) is 11.1. The summed E-state index contributed by atoms with van der Waals surface area (Å²) in [4.78, 5) is 11.9. The third kappa shape index (κ3) is 3.42. The van der Waals surface area contributed by atoms with Gasteiger partial charge in [0.2, 0.25) is 5.91 Å². The fourth-order valence-corrected chi connectivity index (χ4v) is 1.77. The molecule has 1 amide bonds. The quantitative estimate of drug-likeness (QED) is 0.860. The van der Waals surface area contributed by atoms with Crippen molar-refractivity contribution in [3.8, 4) is 0 Å². The van der Waals surface area contributed by atoms with Crippen molar-refractivity contribution < 1.29 is 4.79 Å². The van der Waals surface area contributed by atoms with Gasteiger partial charge in [-0.25, -0.2) is 0 Å². The molecule has 5 nitrogen and oxygen atoms in total. The number of aryl methyl sites for hydroxylation is 2. The van der Waals surface area contributed by atoms with Crippen LogP contribution in [0.1, 0.15) is 22.9 Å². The standard InChI is InChI=1S/C14H18N4O/c1-10-3-5-11(6-4-10)13(15)14(19)16-9-12-7-8-18(2)17-12/h3-8,13H,9,15H2,1-2H3,(H,16,19). The van der Waals surface area contributed by atoms with Gasteiger partial charge < -0.3 is 11.1 Å². The van der Waals surface area contributed by atoms with Crippen LogP contribution in [0.5, 0.6) is 0 Å². The van der Waals surface area contributed by atoms with Gasteiger partial charge in [0.15, 0.2) is 0 Å². The van der Waals surface area contributed by atoms with E-state index in [4.69, 9.17) is 5.73 Å². The van der Waals surface area contributed by atoms with E-state index in [1.54, 1.807) is 4.68 Å². The van der Waals surface area contributed by atoms with Gasteiger partial charge in [-0.05, 0) is 18.6 Å². The monoisotopic (exact) mass is 258 g/mol. The second-order valence-corrected chi connectivity index (χ2v) is 4.59. The summed E-state index contributed by atoms with van der Waals surface area (Å²) < 4.78 is 1.70.